The molecule has 0 atom stereocenters. The van der Waals surface area contributed by atoms with Gasteiger partial charge in [0.2, 0.25) is 0 Å². The van der Waals surface area contributed by atoms with E-state index in [1.807, 2.05) is 30.3 Å². The minimum atomic E-state index is -0.417. The number of non-ortho nitro benzene ring substituents is 1. The standard InChI is InChI=1S/C26H31NO3/c1-2-3-4-5-6-7-8-11-22-30-26-20-16-24(17-21-26)13-10-9-12-23-14-18-25(19-15-23)27(28)29/h10,13-21H,2-8,11,22H2,1H3/b13-10+. The van der Waals surface area contributed by atoms with E-state index in [0.29, 0.717) is 0 Å². The van der Waals surface area contributed by atoms with Gasteiger partial charge in [-0.3, -0.25) is 10.1 Å². The van der Waals surface area contributed by atoms with Crippen LogP contribution in [0.4, 0.5) is 5.69 Å². The summed E-state index contributed by atoms with van der Waals surface area (Å²) in [7, 11) is 0. The number of allylic oxidation sites excluding steroid dienone is 1. The first-order chi connectivity index (χ1) is 14.7. The molecule has 4 heteroatoms. The molecule has 0 fully saturated rings. The fourth-order valence-electron chi connectivity index (χ4n) is 3.03. The van der Waals surface area contributed by atoms with E-state index in [1.165, 1.54) is 57.1 Å². The van der Waals surface area contributed by atoms with Crippen LogP contribution < -0.4 is 4.74 Å². The van der Waals surface area contributed by atoms with Gasteiger partial charge in [0.1, 0.15) is 5.75 Å². The van der Waals surface area contributed by atoms with Crippen molar-refractivity contribution in [3.63, 3.8) is 0 Å². The highest BCUT2D eigenvalue weighted by molar-refractivity contribution is 5.54. The highest BCUT2D eigenvalue weighted by atomic mass is 16.6. The van der Waals surface area contributed by atoms with Crippen molar-refractivity contribution in [2.45, 2.75) is 58.3 Å². The molecule has 0 aliphatic rings. The summed E-state index contributed by atoms with van der Waals surface area (Å²) < 4.78 is 5.82. The van der Waals surface area contributed by atoms with Crippen LogP contribution in [0.2, 0.25) is 0 Å². The molecule has 0 bridgehead atoms. The van der Waals surface area contributed by atoms with Crippen LogP contribution in [0.25, 0.3) is 6.08 Å². The van der Waals surface area contributed by atoms with Gasteiger partial charge in [-0.25, -0.2) is 0 Å². The highest BCUT2D eigenvalue weighted by Gasteiger charge is 2.02. The second kappa shape index (κ2) is 14.0. The van der Waals surface area contributed by atoms with Crippen LogP contribution in [0, 0.1) is 22.0 Å². The quantitative estimate of drug-likeness (QED) is 0.163. The Hall–Kier alpha value is -3.06. The van der Waals surface area contributed by atoms with Crippen molar-refractivity contribution in [3.8, 4) is 17.6 Å². The molecule has 0 spiro atoms. The predicted octanol–water partition coefficient (Wildman–Crippen LogP) is 7.18. The molecule has 2 aromatic rings. The second-order valence-corrected chi connectivity index (χ2v) is 7.30. The van der Waals surface area contributed by atoms with Gasteiger partial charge in [-0.2, -0.15) is 0 Å². The van der Waals surface area contributed by atoms with Gasteiger partial charge in [-0.15, -0.1) is 0 Å². The molecular formula is C26H31NO3. The maximum atomic E-state index is 10.6. The lowest BCUT2D eigenvalue weighted by Crippen LogP contribution is -1.97. The van der Waals surface area contributed by atoms with Gasteiger partial charge in [0.25, 0.3) is 5.69 Å². The average molecular weight is 406 g/mol. The third kappa shape index (κ3) is 9.43. The molecule has 30 heavy (non-hydrogen) atoms. The molecular weight excluding hydrogens is 374 g/mol. The van der Waals surface area contributed by atoms with Crippen molar-refractivity contribution < 1.29 is 9.66 Å². The summed E-state index contributed by atoms with van der Waals surface area (Å²) in [5.74, 6) is 6.81. The van der Waals surface area contributed by atoms with E-state index in [0.717, 1.165) is 29.9 Å². The second-order valence-electron chi connectivity index (χ2n) is 7.30. The number of hydrogen-bond acceptors (Lipinski definition) is 3. The molecule has 158 valence electrons. The first kappa shape index (κ1) is 23.2. The summed E-state index contributed by atoms with van der Waals surface area (Å²) in [5.41, 5.74) is 1.86. The Morgan fingerprint density at radius 3 is 2.17 bits per heavy atom. The molecule has 4 nitrogen and oxygen atoms in total. The smallest absolute Gasteiger partial charge is 0.269 e. The van der Waals surface area contributed by atoms with Crippen LogP contribution in [0.1, 0.15) is 69.4 Å². The first-order valence-electron chi connectivity index (χ1n) is 10.8. The van der Waals surface area contributed by atoms with Crippen LogP contribution in [0.5, 0.6) is 5.75 Å². The predicted molar refractivity (Wildman–Crippen MR) is 124 cm³/mol. The zero-order chi connectivity index (χ0) is 21.4. The zero-order valence-corrected chi connectivity index (χ0v) is 17.8. The summed E-state index contributed by atoms with van der Waals surface area (Å²) >= 11 is 0. The monoisotopic (exact) mass is 405 g/mol. The molecule has 0 unspecified atom stereocenters. The number of nitrogens with zero attached hydrogens (tertiary/aromatic N) is 1. The summed E-state index contributed by atoms with van der Waals surface area (Å²) in [6.07, 6.45) is 14.1. The molecule has 0 saturated carbocycles. The van der Waals surface area contributed by atoms with Crippen LogP contribution in [-0.4, -0.2) is 11.5 Å². The van der Waals surface area contributed by atoms with Gasteiger partial charge >= 0.3 is 0 Å². The van der Waals surface area contributed by atoms with E-state index in [4.69, 9.17) is 4.74 Å². The lowest BCUT2D eigenvalue weighted by atomic mass is 10.1. The third-order valence-electron chi connectivity index (χ3n) is 4.80. The first-order valence-corrected chi connectivity index (χ1v) is 10.8. The van der Waals surface area contributed by atoms with E-state index in [2.05, 4.69) is 18.8 Å². The maximum Gasteiger partial charge on any atom is 0.269 e. The summed E-state index contributed by atoms with van der Waals surface area (Å²) in [6, 6.07) is 14.2. The Bertz CT molecular complexity index is 843. The van der Waals surface area contributed by atoms with Crippen LogP contribution >= 0.6 is 0 Å². The van der Waals surface area contributed by atoms with E-state index < -0.39 is 4.92 Å². The molecule has 0 heterocycles. The molecule has 0 saturated heterocycles. The van der Waals surface area contributed by atoms with Crippen molar-refractivity contribution >= 4 is 11.8 Å². The zero-order valence-electron chi connectivity index (χ0n) is 17.8. The molecule has 0 aromatic heterocycles. The number of nitro groups is 1. The van der Waals surface area contributed by atoms with Crippen LogP contribution in [0.3, 0.4) is 0 Å². The van der Waals surface area contributed by atoms with Gasteiger partial charge in [0, 0.05) is 17.7 Å². The number of nitro benzene ring substituents is 1. The van der Waals surface area contributed by atoms with Gasteiger partial charge in [-0.05, 0) is 48.4 Å². The molecule has 0 N–H and O–H groups in total. The largest absolute Gasteiger partial charge is 0.494 e. The average Bonchev–Trinajstić information content (AvgIpc) is 2.77. The Kier molecular flexibility index (Phi) is 10.8. The fourth-order valence-corrected chi connectivity index (χ4v) is 3.03. The number of hydrogen-bond donors (Lipinski definition) is 0. The molecule has 0 aliphatic carbocycles. The Balaban J connectivity index is 1.66. The van der Waals surface area contributed by atoms with Crippen molar-refractivity contribution in [2.24, 2.45) is 0 Å². The fraction of sp³-hybridized carbons (Fsp3) is 0.385. The SMILES string of the molecule is CCCCCCCCCCOc1ccc(/C=C/C#Cc2ccc([N+](=O)[O-])cc2)cc1. The van der Waals surface area contributed by atoms with E-state index in [-0.39, 0.29) is 5.69 Å². The summed E-state index contributed by atoms with van der Waals surface area (Å²) in [6.45, 7) is 3.02. The van der Waals surface area contributed by atoms with Gasteiger partial charge in [0.05, 0.1) is 11.5 Å². The van der Waals surface area contributed by atoms with Crippen LogP contribution in [-0.2, 0) is 0 Å². The maximum absolute atomic E-state index is 10.6. The van der Waals surface area contributed by atoms with E-state index in [1.54, 1.807) is 18.2 Å². The molecule has 0 amide bonds. The van der Waals surface area contributed by atoms with Crippen molar-refractivity contribution in [1.29, 1.82) is 0 Å². The third-order valence-corrected chi connectivity index (χ3v) is 4.80. The number of benzene rings is 2. The minimum Gasteiger partial charge on any atom is -0.494 e. The van der Waals surface area contributed by atoms with Crippen LogP contribution in [0.15, 0.2) is 54.6 Å². The number of rotatable bonds is 12. The van der Waals surface area contributed by atoms with E-state index in [9.17, 15) is 10.1 Å². The Morgan fingerprint density at radius 1 is 0.900 bits per heavy atom. The number of ether oxygens (including phenoxy) is 1. The van der Waals surface area contributed by atoms with Gasteiger partial charge in [0.15, 0.2) is 0 Å². The van der Waals surface area contributed by atoms with E-state index >= 15 is 0 Å². The molecule has 2 rings (SSSR count). The van der Waals surface area contributed by atoms with Gasteiger partial charge in [-0.1, -0.05) is 75.8 Å². The van der Waals surface area contributed by atoms with Gasteiger partial charge < -0.3 is 4.74 Å². The summed E-state index contributed by atoms with van der Waals surface area (Å²) in [4.78, 5) is 10.2. The normalized spacial score (nSPS) is 10.6. The van der Waals surface area contributed by atoms with Crippen molar-refractivity contribution in [1.82, 2.24) is 0 Å². The lowest BCUT2D eigenvalue weighted by Gasteiger charge is -2.06. The Labute approximate surface area is 180 Å². The van der Waals surface area contributed by atoms with Crippen molar-refractivity contribution in [2.75, 3.05) is 6.61 Å². The number of unbranched alkanes of at least 4 members (excludes halogenated alkanes) is 7. The highest BCUT2D eigenvalue weighted by Crippen LogP contribution is 2.15. The molecule has 0 radical (unpaired) electrons. The minimum absolute atomic E-state index is 0.0702. The lowest BCUT2D eigenvalue weighted by molar-refractivity contribution is -0.384. The molecule has 2 aromatic carbocycles. The Morgan fingerprint density at radius 2 is 1.53 bits per heavy atom. The summed E-state index contributed by atoms with van der Waals surface area (Å²) in [5, 5.41) is 10.6. The molecule has 0 aliphatic heterocycles. The topological polar surface area (TPSA) is 52.4 Å². The van der Waals surface area contributed by atoms with Crippen molar-refractivity contribution in [3.05, 3.63) is 75.8 Å².